The minimum Gasteiger partial charge on any atom is -0.504 e. The van der Waals surface area contributed by atoms with Gasteiger partial charge in [-0.25, -0.2) is 4.98 Å². The van der Waals surface area contributed by atoms with Gasteiger partial charge in [-0.05, 0) is 30.3 Å². The van der Waals surface area contributed by atoms with E-state index in [4.69, 9.17) is 9.15 Å². The highest BCUT2D eigenvalue weighted by Gasteiger charge is 2.10. The molecule has 0 amide bonds. The quantitative estimate of drug-likeness (QED) is 0.785. The summed E-state index contributed by atoms with van der Waals surface area (Å²) in [6.07, 6.45) is 1.57. The number of hydrogen-bond acceptors (Lipinski definition) is 4. The predicted octanol–water partition coefficient (Wildman–Crippen LogP) is 3.72. The zero-order valence-electron chi connectivity index (χ0n) is 10.9. The summed E-state index contributed by atoms with van der Waals surface area (Å²) >= 11 is 0. The lowest BCUT2D eigenvalue weighted by molar-refractivity contribution is 0.373. The molecule has 0 atom stereocenters. The summed E-state index contributed by atoms with van der Waals surface area (Å²) in [4.78, 5) is 4.43. The van der Waals surface area contributed by atoms with Crippen LogP contribution in [0.2, 0.25) is 0 Å². The highest BCUT2D eigenvalue weighted by atomic mass is 16.5. The normalized spacial score (nSPS) is 10.4. The van der Waals surface area contributed by atoms with E-state index in [1.807, 2.05) is 36.4 Å². The van der Waals surface area contributed by atoms with Crippen LogP contribution in [0, 0.1) is 0 Å². The molecule has 0 spiro atoms. The molecular weight excluding hydrogens is 254 g/mol. The average molecular weight is 267 g/mol. The summed E-state index contributed by atoms with van der Waals surface area (Å²) in [6, 6.07) is 14.8. The van der Waals surface area contributed by atoms with Crippen LogP contribution in [0.5, 0.6) is 11.5 Å². The molecule has 0 fully saturated rings. The smallest absolute Gasteiger partial charge is 0.226 e. The second-order valence-electron chi connectivity index (χ2n) is 4.29. The lowest BCUT2D eigenvalue weighted by Crippen LogP contribution is -1.85. The van der Waals surface area contributed by atoms with Gasteiger partial charge in [0.05, 0.1) is 7.11 Å². The first kappa shape index (κ1) is 12.3. The molecule has 0 aliphatic heterocycles. The van der Waals surface area contributed by atoms with Gasteiger partial charge in [-0.3, -0.25) is 0 Å². The Morgan fingerprint density at radius 2 is 1.85 bits per heavy atom. The summed E-state index contributed by atoms with van der Waals surface area (Å²) in [6.45, 7) is 0. The molecule has 1 aromatic heterocycles. The van der Waals surface area contributed by atoms with Crippen molar-refractivity contribution in [2.24, 2.45) is 0 Å². The highest BCUT2D eigenvalue weighted by molar-refractivity contribution is 5.65. The van der Waals surface area contributed by atoms with Crippen LogP contribution in [0.4, 0.5) is 0 Å². The third-order valence-corrected chi connectivity index (χ3v) is 3.00. The average Bonchev–Trinajstić information content (AvgIpc) is 2.98. The van der Waals surface area contributed by atoms with Gasteiger partial charge < -0.3 is 14.3 Å². The van der Waals surface area contributed by atoms with Gasteiger partial charge in [0, 0.05) is 11.1 Å². The molecule has 0 bridgehead atoms. The van der Waals surface area contributed by atoms with Crippen LogP contribution in [0.3, 0.4) is 0 Å². The van der Waals surface area contributed by atoms with E-state index < -0.39 is 0 Å². The SMILES string of the molecule is COc1ccc(-c2coc(-c3ccccc3)n2)cc1O. The Hall–Kier alpha value is -2.75. The molecule has 0 saturated carbocycles. The zero-order chi connectivity index (χ0) is 13.9. The predicted molar refractivity (Wildman–Crippen MR) is 75.6 cm³/mol. The molecule has 100 valence electrons. The minimum atomic E-state index is 0.0780. The molecule has 0 saturated heterocycles. The Kier molecular flexibility index (Phi) is 3.13. The number of phenols is 1. The molecule has 1 N–H and O–H groups in total. The van der Waals surface area contributed by atoms with Crippen molar-refractivity contribution in [3.05, 3.63) is 54.8 Å². The third-order valence-electron chi connectivity index (χ3n) is 3.00. The van der Waals surface area contributed by atoms with Gasteiger partial charge in [-0.2, -0.15) is 0 Å². The van der Waals surface area contributed by atoms with Crippen LogP contribution in [0.1, 0.15) is 0 Å². The Balaban J connectivity index is 1.96. The monoisotopic (exact) mass is 267 g/mol. The zero-order valence-corrected chi connectivity index (χ0v) is 10.9. The largest absolute Gasteiger partial charge is 0.504 e. The molecule has 1 heterocycles. The van der Waals surface area contributed by atoms with Crippen molar-refractivity contribution in [2.75, 3.05) is 7.11 Å². The molecule has 0 unspecified atom stereocenters. The van der Waals surface area contributed by atoms with E-state index in [0.717, 1.165) is 11.1 Å². The number of benzene rings is 2. The molecule has 2 aromatic carbocycles. The maximum Gasteiger partial charge on any atom is 0.226 e. The van der Waals surface area contributed by atoms with Crippen LogP contribution < -0.4 is 4.74 Å². The molecule has 4 nitrogen and oxygen atoms in total. The summed E-state index contributed by atoms with van der Waals surface area (Å²) in [5, 5.41) is 9.79. The molecule has 3 rings (SSSR count). The fraction of sp³-hybridized carbons (Fsp3) is 0.0625. The van der Waals surface area contributed by atoms with Gasteiger partial charge in [-0.15, -0.1) is 0 Å². The first-order valence-corrected chi connectivity index (χ1v) is 6.16. The van der Waals surface area contributed by atoms with Gasteiger partial charge in [0.25, 0.3) is 0 Å². The van der Waals surface area contributed by atoms with Gasteiger partial charge in [0.15, 0.2) is 11.5 Å². The number of phenolic OH excluding ortho intramolecular Hbond substituents is 1. The van der Waals surface area contributed by atoms with E-state index in [-0.39, 0.29) is 5.75 Å². The van der Waals surface area contributed by atoms with Crippen molar-refractivity contribution < 1.29 is 14.3 Å². The Bertz CT molecular complexity index is 720. The second kappa shape index (κ2) is 5.09. The first-order valence-electron chi connectivity index (χ1n) is 6.16. The molecule has 0 aliphatic carbocycles. The molecule has 20 heavy (non-hydrogen) atoms. The Morgan fingerprint density at radius 3 is 2.55 bits per heavy atom. The van der Waals surface area contributed by atoms with E-state index in [0.29, 0.717) is 17.3 Å². The van der Waals surface area contributed by atoms with Crippen LogP contribution in [0.15, 0.2) is 59.2 Å². The van der Waals surface area contributed by atoms with Crippen LogP contribution in [0.25, 0.3) is 22.7 Å². The van der Waals surface area contributed by atoms with E-state index in [1.54, 1.807) is 18.4 Å². The van der Waals surface area contributed by atoms with Crippen molar-refractivity contribution in [1.29, 1.82) is 0 Å². The van der Waals surface area contributed by atoms with Crippen molar-refractivity contribution in [3.63, 3.8) is 0 Å². The standard InChI is InChI=1S/C16H13NO3/c1-19-15-8-7-12(9-14(15)18)13-10-20-16(17-13)11-5-3-2-4-6-11/h2-10,18H,1H3. The maximum absolute atomic E-state index is 9.79. The Labute approximate surface area is 116 Å². The van der Waals surface area contributed by atoms with Gasteiger partial charge in [0.1, 0.15) is 12.0 Å². The number of aromatic hydroxyl groups is 1. The van der Waals surface area contributed by atoms with Crippen molar-refractivity contribution in [1.82, 2.24) is 4.98 Å². The number of rotatable bonds is 3. The van der Waals surface area contributed by atoms with Crippen LogP contribution >= 0.6 is 0 Å². The van der Waals surface area contributed by atoms with Crippen molar-refractivity contribution in [2.45, 2.75) is 0 Å². The second-order valence-corrected chi connectivity index (χ2v) is 4.29. The van der Waals surface area contributed by atoms with Gasteiger partial charge in [-0.1, -0.05) is 18.2 Å². The van der Waals surface area contributed by atoms with Crippen molar-refractivity contribution in [3.8, 4) is 34.2 Å². The first-order chi connectivity index (χ1) is 9.78. The van der Waals surface area contributed by atoms with E-state index in [1.165, 1.54) is 7.11 Å². The van der Waals surface area contributed by atoms with E-state index in [9.17, 15) is 5.11 Å². The van der Waals surface area contributed by atoms with Crippen molar-refractivity contribution >= 4 is 0 Å². The summed E-state index contributed by atoms with van der Waals surface area (Å²) < 4.78 is 10.5. The van der Waals surface area contributed by atoms with Gasteiger partial charge >= 0.3 is 0 Å². The number of oxazole rings is 1. The summed E-state index contributed by atoms with van der Waals surface area (Å²) in [7, 11) is 1.51. The fourth-order valence-electron chi connectivity index (χ4n) is 1.97. The number of ether oxygens (including phenoxy) is 1. The van der Waals surface area contributed by atoms with Gasteiger partial charge in [0.2, 0.25) is 5.89 Å². The minimum absolute atomic E-state index is 0.0780. The lowest BCUT2D eigenvalue weighted by Gasteiger charge is -2.03. The van der Waals surface area contributed by atoms with Crippen LogP contribution in [-0.4, -0.2) is 17.2 Å². The number of aromatic nitrogens is 1. The molecule has 0 radical (unpaired) electrons. The fourth-order valence-corrected chi connectivity index (χ4v) is 1.97. The lowest BCUT2D eigenvalue weighted by atomic mass is 10.1. The van der Waals surface area contributed by atoms with Crippen LogP contribution in [-0.2, 0) is 0 Å². The molecule has 0 aliphatic rings. The third kappa shape index (κ3) is 2.23. The number of hydrogen-bond donors (Lipinski definition) is 1. The topological polar surface area (TPSA) is 55.5 Å². The number of methoxy groups -OCH3 is 1. The molecule has 4 heteroatoms. The number of nitrogens with zero attached hydrogens (tertiary/aromatic N) is 1. The molecular formula is C16H13NO3. The summed E-state index contributed by atoms with van der Waals surface area (Å²) in [5.41, 5.74) is 2.35. The van der Waals surface area contributed by atoms with E-state index in [2.05, 4.69) is 4.98 Å². The van der Waals surface area contributed by atoms with E-state index >= 15 is 0 Å². The maximum atomic E-state index is 9.79. The Morgan fingerprint density at radius 1 is 1.05 bits per heavy atom. The summed E-state index contributed by atoms with van der Waals surface area (Å²) in [5.74, 6) is 1.06. The molecule has 3 aromatic rings. The highest BCUT2D eigenvalue weighted by Crippen LogP contribution is 2.32.